The van der Waals surface area contributed by atoms with Gasteiger partial charge in [0.25, 0.3) is 0 Å². The van der Waals surface area contributed by atoms with Crippen LogP contribution in [0.3, 0.4) is 0 Å². The minimum Gasteiger partial charge on any atom is -0.481 e. The Morgan fingerprint density at radius 2 is 2.20 bits per heavy atom. The van der Waals surface area contributed by atoms with Gasteiger partial charge in [-0.2, -0.15) is 0 Å². The van der Waals surface area contributed by atoms with Gasteiger partial charge >= 0.3 is 5.97 Å². The number of hydrogen-bond donors (Lipinski definition) is 1. The summed E-state index contributed by atoms with van der Waals surface area (Å²) in [4.78, 5) is 10.3. The molecule has 0 bridgehead atoms. The molecule has 2 heteroatoms. The van der Waals surface area contributed by atoms with Gasteiger partial charge in [-0.05, 0) is 19.8 Å². The van der Waals surface area contributed by atoms with E-state index in [9.17, 15) is 4.79 Å². The van der Waals surface area contributed by atoms with Crippen molar-refractivity contribution in [2.24, 2.45) is 5.92 Å². The number of aliphatic carboxylic acids is 1. The Morgan fingerprint density at radius 1 is 1.70 bits per heavy atom. The van der Waals surface area contributed by atoms with Crippen LogP contribution in [0.5, 0.6) is 0 Å². The molecule has 0 amide bonds. The van der Waals surface area contributed by atoms with Crippen molar-refractivity contribution in [3.05, 3.63) is 12.2 Å². The highest BCUT2D eigenvalue weighted by Gasteiger charge is 2.09. The minimum atomic E-state index is -0.721. The Morgan fingerprint density at radius 3 is 2.50 bits per heavy atom. The standard InChI is InChI=1S/C8H14O2/c1-6(2)4-5-7(3)8(9)10/h7H,1,4-5H2,2-3H3,(H,9,10). The molecular formula is C8H14O2. The van der Waals surface area contributed by atoms with E-state index < -0.39 is 5.97 Å². The maximum atomic E-state index is 10.3. The summed E-state index contributed by atoms with van der Waals surface area (Å²) in [6, 6.07) is 0. The first-order valence-corrected chi connectivity index (χ1v) is 3.41. The number of carboxylic acid groups (broad SMARTS) is 1. The van der Waals surface area contributed by atoms with Gasteiger partial charge in [0.05, 0.1) is 5.92 Å². The predicted molar refractivity (Wildman–Crippen MR) is 40.8 cm³/mol. The fourth-order valence-electron chi connectivity index (χ4n) is 0.586. The molecular weight excluding hydrogens is 128 g/mol. The second kappa shape index (κ2) is 4.09. The van der Waals surface area contributed by atoms with Gasteiger partial charge in [-0.3, -0.25) is 4.79 Å². The Labute approximate surface area is 61.6 Å². The Kier molecular flexibility index (Phi) is 3.77. The summed E-state index contributed by atoms with van der Waals surface area (Å²) in [5.74, 6) is -0.960. The minimum absolute atomic E-state index is 0.239. The first kappa shape index (κ1) is 9.21. The molecule has 10 heavy (non-hydrogen) atoms. The average molecular weight is 142 g/mol. The van der Waals surface area contributed by atoms with Gasteiger partial charge in [0.2, 0.25) is 0 Å². The van der Waals surface area contributed by atoms with E-state index in [2.05, 4.69) is 6.58 Å². The van der Waals surface area contributed by atoms with Crippen LogP contribution in [0.1, 0.15) is 26.7 Å². The molecule has 0 aromatic carbocycles. The van der Waals surface area contributed by atoms with Crippen molar-refractivity contribution in [1.82, 2.24) is 0 Å². The van der Waals surface area contributed by atoms with Crippen molar-refractivity contribution in [1.29, 1.82) is 0 Å². The lowest BCUT2D eigenvalue weighted by molar-refractivity contribution is -0.141. The summed E-state index contributed by atoms with van der Waals surface area (Å²) >= 11 is 0. The van der Waals surface area contributed by atoms with Gasteiger partial charge in [0.15, 0.2) is 0 Å². The lowest BCUT2D eigenvalue weighted by Gasteiger charge is -2.03. The second-order valence-electron chi connectivity index (χ2n) is 2.74. The van der Waals surface area contributed by atoms with E-state index in [-0.39, 0.29) is 5.92 Å². The highest BCUT2D eigenvalue weighted by atomic mass is 16.4. The van der Waals surface area contributed by atoms with Crippen molar-refractivity contribution >= 4 is 5.97 Å². The molecule has 0 fully saturated rings. The molecule has 0 spiro atoms. The third-order valence-electron chi connectivity index (χ3n) is 1.43. The Balaban J connectivity index is 3.49. The monoisotopic (exact) mass is 142 g/mol. The smallest absolute Gasteiger partial charge is 0.306 e. The number of carboxylic acids is 1. The van der Waals surface area contributed by atoms with E-state index in [1.807, 2.05) is 6.92 Å². The van der Waals surface area contributed by atoms with Crippen molar-refractivity contribution in [2.75, 3.05) is 0 Å². The summed E-state index contributed by atoms with van der Waals surface area (Å²) in [5.41, 5.74) is 1.05. The first-order chi connectivity index (χ1) is 4.54. The summed E-state index contributed by atoms with van der Waals surface area (Å²) in [6.07, 6.45) is 1.51. The second-order valence-corrected chi connectivity index (χ2v) is 2.74. The fourth-order valence-corrected chi connectivity index (χ4v) is 0.586. The molecule has 0 aromatic heterocycles. The zero-order chi connectivity index (χ0) is 8.15. The predicted octanol–water partition coefficient (Wildman–Crippen LogP) is 2.06. The number of allylic oxidation sites excluding steroid dienone is 1. The molecule has 1 atom stereocenters. The quantitative estimate of drug-likeness (QED) is 0.610. The van der Waals surface area contributed by atoms with Gasteiger partial charge < -0.3 is 5.11 Å². The topological polar surface area (TPSA) is 37.3 Å². The first-order valence-electron chi connectivity index (χ1n) is 3.41. The van der Waals surface area contributed by atoms with Crippen LogP contribution in [0, 0.1) is 5.92 Å². The molecule has 0 aliphatic heterocycles. The largest absolute Gasteiger partial charge is 0.481 e. The van der Waals surface area contributed by atoms with E-state index >= 15 is 0 Å². The summed E-state index contributed by atoms with van der Waals surface area (Å²) in [7, 11) is 0. The summed E-state index contributed by atoms with van der Waals surface area (Å²) in [5, 5.41) is 8.47. The molecule has 1 unspecified atom stereocenters. The van der Waals surface area contributed by atoms with Crippen LogP contribution in [0.4, 0.5) is 0 Å². The zero-order valence-corrected chi connectivity index (χ0v) is 6.55. The van der Waals surface area contributed by atoms with Crippen molar-refractivity contribution in [3.63, 3.8) is 0 Å². The highest BCUT2D eigenvalue weighted by Crippen LogP contribution is 2.09. The van der Waals surface area contributed by atoms with Gasteiger partial charge in [-0.15, -0.1) is 6.58 Å². The van der Waals surface area contributed by atoms with Gasteiger partial charge in [-0.25, -0.2) is 0 Å². The van der Waals surface area contributed by atoms with Crippen LogP contribution in [-0.2, 0) is 4.79 Å². The maximum absolute atomic E-state index is 10.3. The number of carbonyl (C=O) groups is 1. The fraction of sp³-hybridized carbons (Fsp3) is 0.625. The molecule has 0 radical (unpaired) electrons. The number of hydrogen-bond acceptors (Lipinski definition) is 1. The molecule has 1 N–H and O–H groups in total. The molecule has 0 saturated heterocycles. The summed E-state index contributed by atoms with van der Waals surface area (Å²) in [6.45, 7) is 7.32. The maximum Gasteiger partial charge on any atom is 0.306 e. The van der Waals surface area contributed by atoms with Crippen LogP contribution in [-0.4, -0.2) is 11.1 Å². The van der Waals surface area contributed by atoms with E-state index in [4.69, 9.17) is 5.11 Å². The molecule has 0 aliphatic rings. The Hall–Kier alpha value is -0.790. The van der Waals surface area contributed by atoms with Gasteiger partial charge in [0, 0.05) is 0 Å². The third-order valence-corrected chi connectivity index (χ3v) is 1.43. The molecule has 58 valence electrons. The lowest BCUT2D eigenvalue weighted by Crippen LogP contribution is -2.08. The lowest BCUT2D eigenvalue weighted by atomic mass is 10.0. The molecule has 2 nitrogen and oxygen atoms in total. The van der Waals surface area contributed by atoms with Crippen molar-refractivity contribution in [3.8, 4) is 0 Å². The van der Waals surface area contributed by atoms with Gasteiger partial charge in [0.1, 0.15) is 0 Å². The third kappa shape index (κ3) is 4.13. The average Bonchev–Trinajstić information content (AvgIpc) is 1.82. The van der Waals surface area contributed by atoms with E-state index in [1.165, 1.54) is 0 Å². The van der Waals surface area contributed by atoms with Crippen LogP contribution >= 0.6 is 0 Å². The Bertz CT molecular complexity index is 138. The number of rotatable bonds is 4. The van der Waals surface area contributed by atoms with E-state index in [0.717, 1.165) is 12.0 Å². The molecule has 0 saturated carbocycles. The molecule has 0 aromatic rings. The van der Waals surface area contributed by atoms with E-state index in [1.54, 1.807) is 6.92 Å². The SMILES string of the molecule is C=C(C)CCC(C)C(=O)O. The van der Waals surface area contributed by atoms with Crippen LogP contribution < -0.4 is 0 Å². The van der Waals surface area contributed by atoms with Crippen LogP contribution in [0.15, 0.2) is 12.2 Å². The van der Waals surface area contributed by atoms with Crippen LogP contribution in [0.2, 0.25) is 0 Å². The van der Waals surface area contributed by atoms with Crippen molar-refractivity contribution < 1.29 is 9.90 Å². The van der Waals surface area contributed by atoms with Crippen molar-refractivity contribution in [2.45, 2.75) is 26.7 Å². The van der Waals surface area contributed by atoms with Crippen LogP contribution in [0.25, 0.3) is 0 Å². The van der Waals surface area contributed by atoms with E-state index in [0.29, 0.717) is 6.42 Å². The zero-order valence-electron chi connectivity index (χ0n) is 6.55. The normalized spacial score (nSPS) is 12.6. The highest BCUT2D eigenvalue weighted by molar-refractivity contribution is 5.69. The van der Waals surface area contributed by atoms with Gasteiger partial charge in [-0.1, -0.05) is 12.5 Å². The molecule has 0 rings (SSSR count). The molecule has 0 heterocycles. The molecule has 0 aliphatic carbocycles. The summed E-state index contributed by atoms with van der Waals surface area (Å²) < 4.78 is 0.